The maximum atomic E-state index is 13.5. The minimum atomic E-state index is -3.89. The highest BCUT2D eigenvalue weighted by Crippen LogP contribution is 2.22. The van der Waals surface area contributed by atoms with Crippen molar-refractivity contribution in [2.24, 2.45) is 0 Å². The topological polar surface area (TPSA) is 90.3 Å². The zero-order valence-electron chi connectivity index (χ0n) is 18.8. The molecule has 0 spiro atoms. The summed E-state index contributed by atoms with van der Waals surface area (Å²) in [5, 5.41) is 11.6. The fourth-order valence-electron chi connectivity index (χ4n) is 3.46. The van der Waals surface area contributed by atoms with E-state index in [-0.39, 0.29) is 24.4 Å². The number of nitrogens with zero attached hydrogens (tertiary/aromatic N) is 2. The van der Waals surface area contributed by atoms with E-state index in [1.165, 1.54) is 4.31 Å². The molecule has 1 amide bonds. The van der Waals surface area contributed by atoms with Gasteiger partial charge in [-0.3, -0.25) is 4.79 Å². The molecule has 0 aromatic heterocycles. The Morgan fingerprint density at radius 3 is 2.33 bits per heavy atom. The number of carbonyl (C=O) groups is 1. The van der Waals surface area contributed by atoms with E-state index >= 15 is 0 Å². The van der Waals surface area contributed by atoms with Crippen molar-refractivity contribution in [3.63, 3.8) is 0 Å². The fraction of sp³-hybridized carbons (Fsp3) is 0.231. The minimum Gasteiger partial charge on any atom is -0.325 e. The number of amides is 1. The van der Waals surface area contributed by atoms with Crippen LogP contribution in [0.4, 0.5) is 5.69 Å². The maximum Gasteiger partial charge on any atom is 0.243 e. The van der Waals surface area contributed by atoms with Gasteiger partial charge in [0, 0.05) is 12.2 Å². The van der Waals surface area contributed by atoms with Gasteiger partial charge in [0.25, 0.3) is 0 Å². The Labute approximate surface area is 195 Å². The SMILES string of the molecule is Cc1ccc(C)c(S(=O)(=O)N(CCc2ccccc2)CC(=O)Nc2ccc(CC#N)cc2)c1. The minimum absolute atomic E-state index is 0.175. The van der Waals surface area contributed by atoms with Gasteiger partial charge >= 0.3 is 0 Å². The first-order valence-electron chi connectivity index (χ1n) is 10.7. The van der Waals surface area contributed by atoms with Crippen molar-refractivity contribution >= 4 is 21.6 Å². The van der Waals surface area contributed by atoms with Crippen LogP contribution in [-0.4, -0.2) is 31.7 Å². The number of rotatable bonds is 9. The molecule has 6 nitrogen and oxygen atoms in total. The van der Waals surface area contributed by atoms with Gasteiger partial charge in [-0.25, -0.2) is 8.42 Å². The lowest BCUT2D eigenvalue weighted by molar-refractivity contribution is -0.116. The van der Waals surface area contributed by atoms with E-state index in [1.54, 1.807) is 43.3 Å². The van der Waals surface area contributed by atoms with Crippen molar-refractivity contribution < 1.29 is 13.2 Å². The van der Waals surface area contributed by atoms with Gasteiger partial charge in [0.2, 0.25) is 15.9 Å². The fourth-order valence-corrected chi connectivity index (χ4v) is 5.17. The largest absolute Gasteiger partial charge is 0.325 e. The van der Waals surface area contributed by atoms with E-state index in [0.717, 1.165) is 16.7 Å². The van der Waals surface area contributed by atoms with E-state index in [0.29, 0.717) is 17.7 Å². The number of anilines is 1. The molecule has 0 aliphatic heterocycles. The average Bonchev–Trinajstić information content (AvgIpc) is 2.80. The van der Waals surface area contributed by atoms with Crippen molar-refractivity contribution in [3.8, 4) is 6.07 Å². The number of aryl methyl sites for hydroxylation is 2. The third-order valence-corrected chi connectivity index (χ3v) is 7.28. The molecule has 0 aliphatic rings. The Balaban J connectivity index is 1.82. The lowest BCUT2D eigenvalue weighted by atomic mass is 10.1. The molecule has 0 bridgehead atoms. The van der Waals surface area contributed by atoms with Crippen LogP contribution in [0.5, 0.6) is 0 Å². The number of carbonyl (C=O) groups excluding carboxylic acids is 1. The van der Waals surface area contributed by atoms with E-state index in [4.69, 9.17) is 5.26 Å². The molecule has 1 N–H and O–H groups in total. The second-order valence-electron chi connectivity index (χ2n) is 7.92. The van der Waals surface area contributed by atoms with Gasteiger partial charge in [0.05, 0.1) is 23.9 Å². The van der Waals surface area contributed by atoms with Gasteiger partial charge in [-0.1, -0.05) is 54.6 Å². The molecule has 7 heteroatoms. The van der Waals surface area contributed by atoms with Gasteiger partial charge in [0.1, 0.15) is 0 Å². The lowest BCUT2D eigenvalue weighted by Gasteiger charge is -2.23. The number of benzene rings is 3. The highest BCUT2D eigenvalue weighted by molar-refractivity contribution is 7.89. The van der Waals surface area contributed by atoms with Crippen LogP contribution in [-0.2, 0) is 27.7 Å². The normalized spacial score (nSPS) is 11.2. The van der Waals surface area contributed by atoms with E-state index in [9.17, 15) is 13.2 Å². The summed E-state index contributed by atoms with van der Waals surface area (Å²) in [5.74, 6) is -0.426. The monoisotopic (exact) mass is 461 g/mol. The van der Waals surface area contributed by atoms with Crippen molar-refractivity contribution in [1.29, 1.82) is 5.26 Å². The highest BCUT2D eigenvalue weighted by Gasteiger charge is 2.28. The zero-order chi connectivity index (χ0) is 23.8. The number of hydrogen-bond donors (Lipinski definition) is 1. The number of nitrogens with one attached hydrogen (secondary N) is 1. The summed E-state index contributed by atoms with van der Waals surface area (Å²) in [5.41, 5.74) is 3.86. The van der Waals surface area contributed by atoms with Crippen molar-refractivity contribution in [3.05, 3.63) is 95.1 Å². The molecular formula is C26H27N3O3S. The molecule has 0 heterocycles. The molecule has 3 rings (SSSR count). The first kappa shape index (κ1) is 24.2. The summed E-state index contributed by atoms with van der Waals surface area (Å²) in [6, 6.07) is 23.9. The Morgan fingerprint density at radius 1 is 0.970 bits per heavy atom. The first-order valence-corrected chi connectivity index (χ1v) is 12.1. The molecule has 0 fully saturated rings. The number of sulfonamides is 1. The molecule has 0 saturated carbocycles. The number of nitriles is 1. The van der Waals surface area contributed by atoms with E-state index < -0.39 is 15.9 Å². The van der Waals surface area contributed by atoms with Gasteiger partial charge in [-0.2, -0.15) is 9.57 Å². The van der Waals surface area contributed by atoms with Gasteiger partial charge in [0.15, 0.2) is 0 Å². The van der Waals surface area contributed by atoms with E-state index in [2.05, 4.69) is 11.4 Å². The van der Waals surface area contributed by atoms with Crippen LogP contribution in [0.2, 0.25) is 0 Å². The van der Waals surface area contributed by atoms with E-state index in [1.807, 2.05) is 43.3 Å². The molecule has 3 aromatic carbocycles. The number of hydrogen-bond acceptors (Lipinski definition) is 4. The standard InChI is InChI=1S/C26H27N3O3S/c1-20-8-9-21(2)25(18-20)33(31,32)29(17-15-22-6-4-3-5-7-22)19-26(30)28-24-12-10-23(11-13-24)14-16-27/h3-13,18H,14-15,17,19H2,1-2H3,(H,28,30). The molecule has 0 unspecified atom stereocenters. The summed E-state index contributed by atoms with van der Waals surface area (Å²) in [6.45, 7) is 3.47. The van der Waals surface area contributed by atoms with Crippen LogP contribution in [0, 0.1) is 25.2 Å². The summed E-state index contributed by atoms with van der Waals surface area (Å²) in [7, 11) is -3.89. The molecular weight excluding hydrogens is 434 g/mol. The van der Waals surface area contributed by atoms with Crippen molar-refractivity contribution in [1.82, 2.24) is 4.31 Å². The summed E-state index contributed by atoms with van der Waals surface area (Å²) in [4.78, 5) is 13.0. The molecule has 0 atom stereocenters. The third-order valence-electron chi connectivity index (χ3n) is 5.30. The summed E-state index contributed by atoms with van der Waals surface area (Å²) >= 11 is 0. The Bertz CT molecular complexity index is 1250. The van der Waals surface area contributed by atoms with Crippen LogP contribution < -0.4 is 5.32 Å². The van der Waals surface area contributed by atoms with Crippen LogP contribution >= 0.6 is 0 Å². The summed E-state index contributed by atoms with van der Waals surface area (Å²) in [6.07, 6.45) is 0.774. The molecule has 170 valence electrons. The third kappa shape index (κ3) is 6.51. The smallest absolute Gasteiger partial charge is 0.243 e. The molecule has 33 heavy (non-hydrogen) atoms. The Hall–Kier alpha value is -3.47. The average molecular weight is 462 g/mol. The molecule has 3 aromatic rings. The second-order valence-corrected chi connectivity index (χ2v) is 9.83. The lowest BCUT2D eigenvalue weighted by Crippen LogP contribution is -2.39. The molecule has 0 saturated heterocycles. The molecule has 0 radical (unpaired) electrons. The van der Waals surface area contributed by atoms with Crippen LogP contribution in [0.3, 0.4) is 0 Å². The van der Waals surface area contributed by atoms with Gasteiger partial charge in [-0.15, -0.1) is 0 Å². The van der Waals surface area contributed by atoms with Crippen LogP contribution in [0.1, 0.15) is 22.3 Å². The quantitative estimate of drug-likeness (QED) is 0.516. The second kappa shape index (κ2) is 10.9. The first-order chi connectivity index (χ1) is 15.8. The van der Waals surface area contributed by atoms with Crippen molar-refractivity contribution in [2.75, 3.05) is 18.4 Å². The van der Waals surface area contributed by atoms with Crippen molar-refractivity contribution in [2.45, 2.75) is 31.6 Å². The van der Waals surface area contributed by atoms with Gasteiger partial charge in [-0.05, 0) is 60.7 Å². The van der Waals surface area contributed by atoms with Crippen LogP contribution in [0.25, 0.3) is 0 Å². The van der Waals surface area contributed by atoms with Gasteiger partial charge < -0.3 is 5.32 Å². The Kier molecular flexibility index (Phi) is 7.99. The zero-order valence-corrected chi connectivity index (χ0v) is 19.6. The Morgan fingerprint density at radius 2 is 1.67 bits per heavy atom. The summed E-state index contributed by atoms with van der Waals surface area (Å²) < 4.78 is 28.3. The highest BCUT2D eigenvalue weighted by atomic mass is 32.2. The molecule has 0 aliphatic carbocycles. The van der Waals surface area contributed by atoms with Crippen LogP contribution in [0.15, 0.2) is 77.7 Å². The predicted molar refractivity (Wildman–Crippen MR) is 129 cm³/mol. The predicted octanol–water partition coefficient (Wildman–Crippen LogP) is 4.24. The maximum absolute atomic E-state index is 13.5.